The van der Waals surface area contributed by atoms with E-state index in [4.69, 9.17) is 9.84 Å². The van der Waals surface area contributed by atoms with Gasteiger partial charge in [0.25, 0.3) is 0 Å². The molecular formula is C10H13NO3. The van der Waals surface area contributed by atoms with Crippen molar-refractivity contribution in [3.05, 3.63) is 30.1 Å². The van der Waals surface area contributed by atoms with Crippen molar-refractivity contribution < 1.29 is 14.6 Å². The number of carboxylic acid groups (broad SMARTS) is 1. The molecule has 4 heteroatoms. The highest BCUT2D eigenvalue weighted by atomic mass is 16.5. The molecule has 76 valence electrons. The Labute approximate surface area is 82.5 Å². The van der Waals surface area contributed by atoms with Crippen LogP contribution in [0.3, 0.4) is 0 Å². The highest BCUT2D eigenvalue weighted by molar-refractivity contribution is 5.68. The Morgan fingerprint density at radius 3 is 3.00 bits per heavy atom. The second kappa shape index (κ2) is 5.34. The van der Waals surface area contributed by atoms with E-state index in [9.17, 15) is 4.79 Å². The van der Waals surface area contributed by atoms with Crippen LogP contribution < -0.4 is 0 Å². The molecule has 0 saturated heterocycles. The van der Waals surface area contributed by atoms with Gasteiger partial charge in [0.1, 0.15) is 0 Å². The summed E-state index contributed by atoms with van der Waals surface area (Å²) in [4.78, 5) is 14.5. The molecule has 1 rings (SSSR count). The molecule has 0 aliphatic carbocycles. The fourth-order valence-electron chi connectivity index (χ4n) is 1.30. The van der Waals surface area contributed by atoms with Crippen molar-refractivity contribution in [3.63, 3.8) is 0 Å². The lowest BCUT2D eigenvalue weighted by atomic mass is 9.98. The Morgan fingerprint density at radius 1 is 1.71 bits per heavy atom. The van der Waals surface area contributed by atoms with Gasteiger partial charge < -0.3 is 9.84 Å². The van der Waals surface area contributed by atoms with Crippen LogP contribution >= 0.6 is 0 Å². The molecule has 1 unspecified atom stereocenters. The summed E-state index contributed by atoms with van der Waals surface area (Å²) in [5.41, 5.74) is 0.900. The molecule has 0 fully saturated rings. The number of aliphatic carboxylic acids is 1. The first kappa shape index (κ1) is 10.7. The number of hydrogen-bond donors (Lipinski definition) is 1. The van der Waals surface area contributed by atoms with E-state index in [1.165, 1.54) is 0 Å². The Morgan fingerprint density at radius 2 is 2.50 bits per heavy atom. The van der Waals surface area contributed by atoms with Crippen LogP contribution in [0.1, 0.15) is 17.9 Å². The summed E-state index contributed by atoms with van der Waals surface area (Å²) in [6.45, 7) is 0.401. The van der Waals surface area contributed by atoms with E-state index in [-0.39, 0.29) is 12.3 Å². The number of ether oxygens (including phenoxy) is 1. The van der Waals surface area contributed by atoms with Gasteiger partial charge in [-0.25, -0.2) is 0 Å². The van der Waals surface area contributed by atoms with Gasteiger partial charge in [-0.2, -0.15) is 0 Å². The van der Waals surface area contributed by atoms with Gasteiger partial charge >= 0.3 is 5.97 Å². The molecule has 0 aliphatic rings. The summed E-state index contributed by atoms with van der Waals surface area (Å²) in [5, 5.41) is 8.70. The van der Waals surface area contributed by atoms with Crippen LogP contribution in [0.25, 0.3) is 0 Å². The summed E-state index contributed by atoms with van der Waals surface area (Å²) in [6, 6.07) is 3.65. The Hall–Kier alpha value is -1.42. The van der Waals surface area contributed by atoms with Crippen LogP contribution in [-0.2, 0) is 9.53 Å². The maximum Gasteiger partial charge on any atom is 0.304 e. The first-order valence-electron chi connectivity index (χ1n) is 4.34. The summed E-state index contributed by atoms with van der Waals surface area (Å²) in [7, 11) is 1.56. The van der Waals surface area contributed by atoms with E-state index < -0.39 is 5.97 Å². The SMILES string of the molecule is COCC(CC(=O)O)c1cccnc1. The van der Waals surface area contributed by atoms with Crippen molar-refractivity contribution in [2.24, 2.45) is 0 Å². The number of aromatic nitrogens is 1. The van der Waals surface area contributed by atoms with Gasteiger partial charge in [0, 0.05) is 25.4 Å². The fraction of sp³-hybridized carbons (Fsp3) is 0.400. The Balaban J connectivity index is 2.72. The summed E-state index contributed by atoms with van der Waals surface area (Å²) < 4.78 is 4.97. The third-order valence-corrected chi connectivity index (χ3v) is 1.94. The molecule has 0 bridgehead atoms. The molecule has 0 aliphatic heterocycles. The van der Waals surface area contributed by atoms with Gasteiger partial charge in [0.2, 0.25) is 0 Å². The third-order valence-electron chi connectivity index (χ3n) is 1.94. The zero-order valence-corrected chi connectivity index (χ0v) is 8.01. The fourth-order valence-corrected chi connectivity index (χ4v) is 1.30. The van der Waals surface area contributed by atoms with Crippen LogP contribution in [0.15, 0.2) is 24.5 Å². The third kappa shape index (κ3) is 3.14. The molecule has 0 amide bonds. The molecular weight excluding hydrogens is 182 g/mol. The number of pyridine rings is 1. The molecule has 1 aromatic heterocycles. The molecule has 1 atom stereocenters. The molecule has 1 aromatic rings. The quantitative estimate of drug-likeness (QED) is 0.769. The predicted octanol–water partition coefficient (Wildman–Crippen LogP) is 1.29. The molecule has 1 N–H and O–H groups in total. The van der Waals surface area contributed by atoms with Crippen molar-refractivity contribution in [1.82, 2.24) is 4.98 Å². The van der Waals surface area contributed by atoms with E-state index in [1.807, 2.05) is 6.07 Å². The average Bonchev–Trinajstić information content (AvgIpc) is 2.18. The highest BCUT2D eigenvalue weighted by Crippen LogP contribution is 2.18. The first-order chi connectivity index (χ1) is 6.74. The largest absolute Gasteiger partial charge is 0.481 e. The minimum atomic E-state index is -0.823. The second-order valence-corrected chi connectivity index (χ2v) is 3.04. The zero-order chi connectivity index (χ0) is 10.4. The van der Waals surface area contributed by atoms with Crippen molar-refractivity contribution in [2.45, 2.75) is 12.3 Å². The van der Waals surface area contributed by atoms with Crippen molar-refractivity contribution in [3.8, 4) is 0 Å². The summed E-state index contributed by atoms with van der Waals surface area (Å²) in [5.74, 6) is -0.942. The Kier molecular flexibility index (Phi) is 4.07. The monoisotopic (exact) mass is 195 g/mol. The van der Waals surface area contributed by atoms with Gasteiger partial charge in [-0.3, -0.25) is 9.78 Å². The van der Waals surface area contributed by atoms with E-state index >= 15 is 0 Å². The lowest BCUT2D eigenvalue weighted by Crippen LogP contribution is -2.11. The number of nitrogens with zero attached hydrogens (tertiary/aromatic N) is 1. The van der Waals surface area contributed by atoms with Crippen LogP contribution in [0.2, 0.25) is 0 Å². The Bertz CT molecular complexity index is 287. The normalized spacial score (nSPS) is 12.4. The van der Waals surface area contributed by atoms with Gasteiger partial charge in [-0.15, -0.1) is 0 Å². The van der Waals surface area contributed by atoms with E-state index in [0.29, 0.717) is 6.61 Å². The number of hydrogen-bond acceptors (Lipinski definition) is 3. The topological polar surface area (TPSA) is 59.4 Å². The van der Waals surface area contributed by atoms with Gasteiger partial charge in [0.05, 0.1) is 13.0 Å². The van der Waals surface area contributed by atoms with E-state index in [2.05, 4.69) is 4.98 Å². The van der Waals surface area contributed by atoms with Crippen molar-refractivity contribution in [2.75, 3.05) is 13.7 Å². The lowest BCUT2D eigenvalue weighted by Gasteiger charge is -2.13. The minimum absolute atomic E-state index is 0.0690. The lowest BCUT2D eigenvalue weighted by molar-refractivity contribution is -0.137. The molecule has 4 nitrogen and oxygen atoms in total. The number of methoxy groups -OCH3 is 1. The number of rotatable bonds is 5. The molecule has 0 aromatic carbocycles. The second-order valence-electron chi connectivity index (χ2n) is 3.04. The van der Waals surface area contributed by atoms with Crippen molar-refractivity contribution in [1.29, 1.82) is 0 Å². The van der Waals surface area contributed by atoms with Crippen LogP contribution in [0, 0.1) is 0 Å². The standard InChI is InChI=1S/C10H13NO3/c1-14-7-9(5-10(12)13)8-3-2-4-11-6-8/h2-4,6,9H,5,7H2,1H3,(H,12,13). The van der Waals surface area contributed by atoms with Crippen LogP contribution in [0.5, 0.6) is 0 Å². The van der Waals surface area contributed by atoms with E-state index in [0.717, 1.165) is 5.56 Å². The van der Waals surface area contributed by atoms with Crippen LogP contribution in [-0.4, -0.2) is 29.8 Å². The molecule has 1 heterocycles. The van der Waals surface area contributed by atoms with Gasteiger partial charge in [-0.1, -0.05) is 6.07 Å². The highest BCUT2D eigenvalue weighted by Gasteiger charge is 2.15. The average molecular weight is 195 g/mol. The first-order valence-corrected chi connectivity index (χ1v) is 4.34. The smallest absolute Gasteiger partial charge is 0.304 e. The maximum absolute atomic E-state index is 10.6. The number of carbonyl (C=O) groups is 1. The minimum Gasteiger partial charge on any atom is -0.481 e. The summed E-state index contributed by atoms with van der Waals surface area (Å²) in [6.07, 6.45) is 3.40. The van der Waals surface area contributed by atoms with Gasteiger partial charge in [0.15, 0.2) is 0 Å². The predicted molar refractivity (Wildman–Crippen MR) is 51.1 cm³/mol. The van der Waals surface area contributed by atoms with Gasteiger partial charge in [-0.05, 0) is 11.6 Å². The summed E-state index contributed by atoms with van der Waals surface area (Å²) >= 11 is 0. The molecule has 0 radical (unpaired) electrons. The molecule has 0 spiro atoms. The molecule has 0 saturated carbocycles. The molecule has 14 heavy (non-hydrogen) atoms. The maximum atomic E-state index is 10.6. The van der Waals surface area contributed by atoms with Crippen LogP contribution in [0.4, 0.5) is 0 Å². The zero-order valence-electron chi connectivity index (χ0n) is 8.01. The number of carboxylic acids is 1. The van der Waals surface area contributed by atoms with Crippen molar-refractivity contribution >= 4 is 5.97 Å². The van der Waals surface area contributed by atoms with E-state index in [1.54, 1.807) is 25.6 Å².